The van der Waals surface area contributed by atoms with E-state index in [2.05, 4.69) is 25.4 Å². The Labute approximate surface area is 159 Å². The van der Waals surface area contributed by atoms with E-state index in [1.807, 2.05) is 25.3 Å². The van der Waals surface area contributed by atoms with E-state index in [1.165, 1.54) is 0 Å². The highest BCUT2D eigenvalue weighted by Gasteiger charge is 2.29. The minimum absolute atomic E-state index is 0.00452. The molecule has 1 aliphatic rings. The van der Waals surface area contributed by atoms with Crippen molar-refractivity contribution in [3.8, 4) is 11.4 Å². The highest BCUT2D eigenvalue weighted by Crippen LogP contribution is 2.33. The Balaban J connectivity index is 1.65. The highest BCUT2D eigenvalue weighted by molar-refractivity contribution is 6.34. The topological polar surface area (TPSA) is 85.1 Å². The van der Waals surface area contributed by atoms with Gasteiger partial charge in [0.15, 0.2) is 11.5 Å². The monoisotopic (exact) mass is 378 g/mol. The number of aryl methyl sites for hydroxylation is 1. The first-order chi connectivity index (χ1) is 13.1. The van der Waals surface area contributed by atoms with E-state index in [4.69, 9.17) is 11.6 Å². The van der Waals surface area contributed by atoms with Crippen LogP contribution in [0.1, 0.15) is 18.4 Å². The van der Waals surface area contributed by atoms with Crippen molar-refractivity contribution in [3.63, 3.8) is 0 Å². The molecule has 0 spiro atoms. The molecule has 4 aromatic rings. The molecule has 0 unspecified atom stereocenters. The van der Waals surface area contributed by atoms with Gasteiger partial charge < -0.3 is 5.32 Å². The normalized spacial score (nSPS) is 14.0. The maximum atomic E-state index is 12.1. The standard InChI is InChI=1S/C19H15ClN6O/c1-10-2-5-16-24-18(25-26(16)9-10)14-8-22-17(20)13-7-21-15(6-12(13)14)23-19(27)11-3-4-11/h2,5-9,11H,3-4H2,1H3,(H,21,23,27). The molecule has 0 radical (unpaired) electrons. The number of rotatable bonds is 3. The fraction of sp³-hybridized carbons (Fsp3) is 0.211. The molecule has 0 aromatic carbocycles. The fourth-order valence-electron chi connectivity index (χ4n) is 3.02. The van der Waals surface area contributed by atoms with Gasteiger partial charge in [-0.2, -0.15) is 0 Å². The second-order valence-electron chi connectivity index (χ2n) is 6.79. The van der Waals surface area contributed by atoms with Gasteiger partial charge in [-0.3, -0.25) is 4.79 Å². The minimum atomic E-state index is 0.00452. The lowest BCUT2D eigenvalue weighted by Crippen LogP contribution is -2.14. The number of carbonyl (C=O) groups is 1. The first kappa shape index (κ1) is 16.1. The van der Waals surface area contributed by atoms with E-state index in [0.717, 1.165) is 35.0 Å². The molecular weight excluding hydrogens is 364 g/mol. The number of nitrogens with zero attached hydrogens (tertiary/aromatic N) is 5. The largest absolute Gasteiger partial charge is 0.310 e. The van der Waals surface area contributed by atoms with Crippen LogP contribution in [0, 0.1) is 12.8 Å². The summed E-state index contributed by atoms with van der Waals surface area (Å²) in [5.74, 6) is 1.14. The molecule has 134 valence electrons. The van der Waals surface area contributed by atoms with Crippen LogP contribution in [0.3, 0.4) is 0 Å². The van der Waals surface area contributed by atoms with Crippen LogP contribution in [-0.4, -0.2) is 30.5 Å². The van der Waals surface area contributed by atoms with Gasteiger partial charge in [0, 0.05) is 40.8 Å². The van der Waals surface area contributed by atoms with Gasteiger partial charge in [0.2, 0.25) is 5.91 Å². The molecule has 7 nitrogen and oxygen atoms in total. The zero-order valence-corrected chi connectivity index (χ0v) is 15.2. The molecular formula is C19H15ClN6O. The molecule has 0 bridgehead atoms. The quantitative estimate of drug-likeness (QED) is 0.550. The molecule has 1 saturated carbocycles. The third-order valence-corrected chi connectivity index (χ3v) is 4.94. The van der Waals surface area contributed by atoms with Crippen LogP contribution < -0.4 is 5.32 Å². The van der Waals surface area contributed by atoms with Crippen LogP contribution in [0.2, 0.25) is 5.15 Å². The van der Waals surface area contributed by atoms with Crippen molar-refractivity contribution in [1.29, 1.82) is 0 Å². The third-order valence-electron chi connectivity index (χ3n) is 4.64. The maximum absolute atomic E-state index is 12.1. The molecule has 1 N–H and O–H groups in total. The number of pyridine rings is 3. The lowest BCUT2D eigenvalue weighted by molar-refractivity contribution is -0.117. The molecule has 4 heterocycles. The molecule has 8 heteroatoms. The predicted molar refractivity (Wildman–Crippen MR) is 103 cm³/mol. The van der Waals surface area contributed by atoms with Gasteiger partial charge in [-0.15, -0.1) is 5.10 Å². The van der Waals surface area contributed by atoms with E-state index < -0.39 is 0 Å². The van der Waals surface area contributed by atoms with E-state index >= 15 is 0 Å². The number of nitrogens with one attached hydrogen (secondary N) is 1. The number of hydrogen-bond donors (Lipinski definition) is 1. The second-order valence-corrected chi connectivity index (χ2v) is 7.14. The summed E-state index contributed by atoms with van der Waals surface area (Å²) in [5.41, 5.74) is 2.57. The smallest absolute Gasteiger partial charge is 0.228 e. The third kappa shape index (κ3) is 2.90. The van der Waals surface area contributed by atoms with Crippen molar-refractivity contribution in [1.82, 2.24) is 24.6 Å². The van der Waals surface area contributed by atoms with Crippen LogP contribution in [0.25, 0.3) is 27.8 Å². The second kappa shape index (κ2) is 5.99. The van der Waals surface area contributed by atoms with Crippen molar-refractivity contribution in [2.75, 3.05) is 5.32 Å². The van der Waals surface area contributed by atoms with Crippen LogP contribution in [0.15, 0.2) is 36.8 Å². The Bertz CT molecular complexity index is 1210. The van der Waals surface area contributed by atoms with Crippen LogP contribution in [0.4, 0.5) is 5.82 Å². The van der Waals surface area contributed by atoms with Crippen LogP contribution in [-0.2, 0) is 4.79 Å². The number of fused-ring (bicyclic) bond motifs is 2. The molecule has 5 rings (SSSR count). The van der Waals surface area contributed by atoms with Crippen LogP contribution >= 0.6 is 11.6 Å². The number of anilines is 1. The summed E-state index contributed by atoms with van der Waals surface area (Å²) >= 11 is 6.25. The summed E-state index contributed by atoms with van der Waals surface area (Å²) < 4.78 is 1.74. The fourth-order valence-corrected chi connectivity index (χ4v) is 3.22. The average molecular weight is 379 g/mol. The number of amides is 1. The lowest BCUT2D eigenvalue weighted by Gasteiger charge is -2.08. The maximum Gasteiger partial charge on any atom is 0.228 e. The van der Waals surface area contributed by atoms with Gasteiger partial charge in [-0.1, -0.05) is 17.7 Å². The number of halogens is 1. The molecule has 1 fully saturated rings. The summed E-state index contributed by atoms with van der Waals surface area (Å²) in [6, 6.07) is 5.71. The lowest BCUT2D eigenvalue weighted by atomic mass is 10.1. The van der Waals surface area contributed by atoms with Crippen LogP contribution in [0.5, 0.6) is 0 Å². The van der Waals surface area contributed by atoms with E-state index in [-0.39, 0.29) is 11.8 Å². The number of hydrogen-bond acceptors (Lipinski definition) is 5. The number of carbonyl (C=O) groups excluding carboxylic acids is 1. The summed E-state index contributed by atoms with van der Waals surface area (Å²) in [6.45, 7) is 2.00. The van der Waals surface area contributed by atoms with Crippen molar-refractivity contribution < 1.29 is 4.79 Å². The van der Waals surface area contributed by atoms with Crippen molar-refractivity contribution in [2.45, 2.75) is 19.8 Å². The SMILES string of the molecule is Cc1ccc2nc(-c3cnc(Cl)c4cnc(NC(=O)C5CC5)cc34)nn2c1. The molecule has 0 saturated heterocycles. The van der Waals surface area contributed by atoms with E-state index in [0.29, 0.717) is 22.2 Å². The average Bonchev–Trinajstić information content (AvgIpc) is 3.42. The molecule has 1 amide bonds. The van der Waals surface area contributed by atoms with Gasteiger partial charge in [0.1, 0.15) is 11.0 Å². The van der Waals surface area contributed by atoms with Crippen molar-refractivity contribution in [2.24, 2.45) is 5.92 Å². The number of aromatic nitrogens is 5. The molecule has 4 aromatic heterocycles. The Hall–Kier alpha value is -3.06. The Kier molecular flexibility index (Phi) is 3.58. The van der Waals surface area contributed by atoms with Gasteiger partial charge in [-0.05, 0) is 37.5 Å². The van der Waals surface area contributed by atoms with Gasteiger partial charge in [0.05, 0.1) is 0 Å². The summed E-state index contributed by atoms with van der Waals surface area (Å²) in [7, 11) is 0. The predicted octanol–water partition coefficient (Wildman–Crippen LogP) is 3.65. The Morgan fingerprint density at radius 1 is 1.22 bits per heavy atom. The minimum Gasteiger partial charge on any atom is -0.310 e. The first-order valence-electron chi connectivity index (χ1n) is 8.67. The molecule has 0 atom stereocenters. The summed E-state index contributed by atoms with van der Waals surface area (Å²) in [5, 5.41) is 9.27. The molecule has 0 aliphatic heterocycles. The van der Waals surface area contributed by atoms with E-state index in [1.54, 1.807) is 23.0 Å². The highest BCUT2D eigenvalue weighted by atomic mass is 35.5. The first-order valence-corrected chi connectivity index (χ1v) is 9.05. The summed E-state index contributed by atoms with van der Waals surface area (Å²) in [4.78, 5) is 25.2. The van der Waals surface area contributed by atoms with Crippen molar-refractivity contribution in [3.05, 3.63) is 47.5 Å². The van der Waals surface area contributed by atoms with Gasteiger partial charge in [-0.25, -0.2) is 19.5 Å². The Morgan fingerprint density at radius 3 is 2.89 bits per heavy atom. The zero-order valence-electron chi connectivity index (χ0n) is 14.5. The van der Waals surface area contributed by atoms with E-state index in [9.17, 15) is 4.79 Å². The van der Waals surface area contributed by atoms with Gasteiger partial charge in [0.25, 0.3) is 0 Å². The van der Waals surface area contributed by atoms with Crippen molar-refractivity contribution >= 4 is 39.7 Å². The zero-order chi connectivity index (χ0) is 18.5. The molecule has 1 aliphatic carbocycles. The molecule has 27 heavy (non-hydrogen) atoms. The Morgan fingerprint density at radius 2 is 2.07 bits per heavy atom. The van der Waals surface area contributed by atoms with Gasteiger partial charge >= 0.3 is 0 Å². The summed E-state index contributed by atoms with van der Waals surface area (Å²) in [6.07, 6.45) is 7.06.